The molecule has 0 heterocycles. The quantitative estimate of drug-likeness (QED) is 0.600. The Kier molecular flexibility index (Phi) is 2.83. The summed E-state index contributed by atoms with van der Waals surface area (Å²) in [5, 5.41) is 3.19. The Balaban J connectivity index is 3.37. The largest absolute Gasteiger partial charge is 0.0779 e. The summed E-state index contributed by atoms with van der Waals surface area (Å²) in [6, 6.07) is 4.77. The van der Waals surface area contributed by atoms with Crippen LogP contribution in [0.15, 0.2) is 12.1 Å². The molecule has 0 nitrogen and oxygen atoms in total. The first-order chi connectivity index (χ1) is 5.82. The van der Waals surface area contributed by atoms with Gasteiger partial charge in [-0.05, 0) is 25.0 Å². The predicted molar refractivity (Wildman–Crippen MR) is 68.5 cm³/mol. The topological polar surface area (TPSA) is 0 Å². The first-order valence-corrected chi connectivity index (χ1v) is 9.40. The van der Waals surface area contributed by atoms with Crippen LogP contribution in [0.3, 0.4) is 0 Å². The van der Waals surface area contributed by atoms with Crippen LogP contribution in [0, 0.1) is 13.8 Å². The minimum Gasteiger partial charge on any atom is -0.0706 e. The first kappa shape index (κ1) is 10.7. The highest BCUT2D eigenvalue weighted by molar-refractivity contribution is 6.89. The number of aryl methyl sites for hydroxylation is 1. The highest BCUT2D eigenvalue weighted by Crippen LogP contribution is 2.08. The molecule has 1 aromatic carbocycles. The molecule has 0 aliphatic rings. The Bertz CT molecular complexity index is 322. The molecule has 1 rings (SSSR count). The minimum absolute atomic E-state index is 1.12. The van der Waals surface area contributed by atoms with Gasteiger partial charge in [0.2, 0.25) is 0 Å². The van der Waals surface area contributed by atoms with Crippen molar-refractivity contribution in [2.24, 2.45) is 0 Å². The first-order valence-electron chi connectivity index (χ1n) is 4.90. The van der Waals surface area contributed by atoms with E-state index in [1.807, 2.05) is 0 Å². The Morgan fingerprint density at radius 1 is 1.08 bits per heavy atom. The van der Waals surface area contributed by atoms with Gasteiger partial charge < -0.3 is 0 Å². The molecule has 72 valence electrons. The van der Waals surface area contributed by atoms with Gasteiger partial charge in [-0.15, -0.1) is 0 Å². The van der Waals surface area contributed by atoms with Gasteiger partial charge in [0, 0.05) is 10.2 Å². The van der Waals surface area contributed by atoms with E-state index in [1.165, 1.54) is 21.4 Å². The molecule has 0 aliphatic carbocycles. The zero-order chi connectivity index (χ0) is 10.2. The van der Waals surface area contributed by atoms with Gasteiger partial charge in [0.15, 0.2) is 0 Å². The predicted octanol–water partition coefficient (Wildman–Crippen LogP) is 0.839. The summed E-state index contributed by atoms with van der Waals surface area (Å²) in [6.07, 6.45) is 0. The highest BCUT2D eigenvalue weighted by atomic mass is 28.3. The van der Waals surface area contributed by atoms with Crippen molar-refractivity contribution in [1.82, 2.24) is 0 Å². The van der Waals surface area contributed by atoms with E-state index in [4.69, 9.17) is 0 Å². The fraction of sp³-hybridized carbons (Fsp3) is 0.455. The van der Waals surface area contributed by atoms with Crippen LogP contribution in [0.5, 0.6) is 0 Å². The van der Waals surface area contributed by atoms with Crippen molar-refractivity contribution in [3.8, 4) is 0 Å². The number of benzene rings is 1. The van der Waals surface area contributed by atoms with Gasteiger partial charge >= 0.3 is 0 Å². The lowest BCUT2D eigenvalue weighted by Crippen LogP contribution is -2.41. The number of hydrogen-bond acceptors (Lipinski definition) is 0. The molecule has 0 aromatic heterocycles. The molecule has 0 bridgehead atoms. The van der Waals surface area contributed by atoms with Crippen molar-refractivity contribution in [1.29, 1.82) is 0 Å². The second kappa shape index (κ2) is 3.42. The van der Waals surface area contributed by atoms with E-state index >= 15 is 0 Å². The molecule has 2 heteroatoms. The fourth-order valence-corrected chi connectivity index (χ4v) is 4.81. The van der Waals surface area contributed by atoms with E-state index in [1.54, 1.807) is 10.4 Å². The van der Waals surface area contributed by atoms with Crippen molar-refractivity contribution >= 4 is 28.7 Å². The van der Waals surface area contributed by atoms with Crippen LogP contribution in [-0.2, 0) is 0 Å². The summed E-state index contributed by atoms with van der Waals surface area (Å²) in [5.74, 6) is 0. The van der Waals surface area contributed by atoms with Gasteiger partial charge in [0.25, 0.3) is 0 Å². The summed E-state index contributed by atoms with van der Waals surface area (Å²) in [6.45, 7) is 11.8. The summed E-state index contributed by atoms with van der Waals surface area (Å²) in [4.78, 5) is 0. The number of hydrogen-bond donors (Lipinski definition) is 0. The van der Waals surface area contributed by atoms with Crippen LogP contribution in [0.1, 0.15) is 11.1 Å². The maximum atomic E-state index is 2.43. The Hall–Kier alpha value is -0.346. The lowest BCUT2D eigenvalue weighted by atomic mass is 10.1. The van der Waals surface area contributed by atoms with Crippen LogP contribution < -0.4 is 10.4 Å². The Labute approximate surface area is 85.8 Å². The van der Waals surface area contributed by atoms with Gasteiger partial charge in [0.05, 0.1) is 8.07 Å². The molecule has 0 unspecified atom stereocenters. The highest BCUT2D eigenvalue weighted by Gasteiger charge is 2.19. The van der Waals surface area contributed by atoms with Gasteiger partial charge in [-0.1, -0.05) is 42.1 Å². The zero-order valence-electron chi connectivity index (χ0n) is 9.65. The maximum absolute atomic E-state index is 2.43. The van der Waals surface area contributed by atoms with Gasteiger partial charge in [-0.2, -0.15) is 0 Å². The third kappa shape index (κ3) is 2.32. The third-order valence-corrected chi connectivity index (χ3v) is 5.33. The summed E-state index contributed by atoms with van der Waals surface area (Å²) in [5.41, 5.74) is 3.00. The lowest BCUT2D eigenvalue weighted by molar-refractivity contribution is 1.37. The second-order valence-electron chi connectivity index (χ2n) is 5.00. The molecule has 0 spiro atoms. The summed E-state index contributed by atoms with van der Waals surface area (Å²) >= 11 is 0. The van der Waals surface area contributed by atoms with Crippen molar-refractivity contribution in [2.75, 3.05) is 0 Å². The fourth-order valence-electron chi connectivity index (χ4n) is 1.82. The van der Waals surface area contributed by atoms with E-state index in [0.29, 0.717) is 0 Å². The zero-order valence-corrected chi connectivity index (χ0v) is 12.7. The van der Waals surface area contributed by atoms with E-state index in [2.05, 4.69) is 45.6 Å². The van der Waals surface area contributed by atoms with Crippen LogP contribution in [-0.4, -0.2) is 18.3 Å². The lowest BCUT2D eigenvalue weighted by Gasteiger charge is -2.21. The molecule has 0 atom stereocenters. The van der Waals surface area contributed by atoms with Crippen molar-refractivity contribution in [3.63, 3.8) is 0 Å². The van der Waals surface area contributed by atoms with Gasteiger partial charge in [0.1, 0.15) is 0 Å². The van der Waals surface area contributed by atoms with Crippen molar-refractivity contribution < 1.29 is 0 Å². The molecule has 0 radical (unpaired) electrons. The Morgan fingerprint density at radius 2 is 1.62 bits per heavy atom. The molecular weight excluding hydrogens is 188 g/mol. The van der Waals surface area contributed by atoms with Crippen LogP contribution in [0.25, 0.3) is 0 Å². The van der Waals surface area contributed by atoms with Crippen molar-refractivity contribution in [3.05, 3.63) is 23.3 Å². The standard InChI is InChI=1S/C11H20Si2/c1-8-6-10(12)7-11(9(8)2)13(3,4)5/h6-7H,1-5,12H3. The van der Waals surface area contributed by atoms with Gasteiger partial charge in [-0.25, -0.2) is 0 Å². The normalized spacial score (nSPS) is 12.1. The average molecular weight is 208 g/mol. The molecule has 0 N–H and O–H groups in total. The molecule has 0 saturated heterocycles. The molecular formula is C11H20Si2. The van der Waals surface area contributed by atoms with Crippen LogP contribution in [0.4, 0.5) is 0 Å². The second-order valence-corrected chi connectivity index (χ2v) is 11.2. The minimum atomic E-state index is -1.12. The van der Waals surface area contributed by atoms with Crippen molar-refractivity contribution in [2.45, 2.75) is 33.5 Å². The average Bonchev–Trinajstić information content (AvgIpc) is 1.94. The number of rotatable bonds is 1. The van der Waals surface area contributed by atoms with Crippen LogP contribution >= 0.6 is 0 Å². The molecule has 0 aliphatic heterocycles. The van der Waals surface area contributed by atoms with Gasteiger partial charge in [-0.3, -0.25) is 0 Å². The summed E-state index contributed by atoms with van der Waals surface area (Å²) in [7, 11) is 0.0564. The Morgan fingerprint density at radius 3 is 2.08 bits per heavy atom. The smallest absolute Gasteiger partial charge is 0.0706 e. The molecule has 0 amide bonds. The third-order valence-electron chi connectivity index (χ3n) is 2.62. The summed E-state index contributed by atoms with van der Waals surface area (Å²) < 4.78 is 0. The van der Waals surface area contributed by atoms with E-state index in [0.717, 1.165) is 0 Å². The maximum Gasteiger partial charge on any atom is 0.0779 e. The van der Waals surface area contributed by atoms with E-state index < -0.39 is 8.07 Å². The molecule has 0 saturated carbocycles. The monoisotopic (exact) mass is 208 g/mol. The SMILES string of the molecule is Cc1cc([SiH3])cc([Si](C)(C)C)c1C. The molecule has 0 fully saturated rings. The molecule has 13 heavy (non-hydrogen) atoms. The van der Waals surface area contributed by atoms with E-state index in [9.17, 15) is 0 Å². The van der Waals surface area contributed by atoms with Crippen LogP contribution in [0.2, 0.25) is 19.6 Å². The molecule has 1 aromatic rings. The van der Waals surface area contributed by atoms with E-state index in [-0.39, 0.29) is 0 Å².